The van der Waals surface area contributed by atoms with Crippen LogP contribution in [0.1, 0.15) is 38.2 Å². The maximum atomic E-state index is 6.20. The van der Waals surface area contributed by atoms with E-state index in [4.69, 9.17) is 15.2 Å². The summed E-state index contributed by atoms with van der Waals surface area (Å²) in [6.45, 7) is 5.28. The van der Waals surface area contributed by atoms with Gasteiger partial charge < -0.3 is 20.1 Å². The Kier molecular flexibility index (Phi) is 4.77. The van der Waals surface area contributed by atoms with Gasteiger partial charge in [-0.05, 0) is 68.8 Å². The van der Waals surface area contributed by atoms with Crippen LogP contribution in [0.15, 0.2) is 12.1 Å². The average Bonchev–Trinajstić information content (AvgIpc) is 2.54. The van der Waals surface area contributed by atoms with E-state index in [0.29, 0.717) is 24.1 Å². The number of methoxy groups -OCH3 is 1. The first kappa shape index (κ1) is 15.5. The van der Waals surface area contributed by atoms with Gasteiger partial charge in [-0.15, -0.1) is 0 Å². The molecule has 0 amide bonds. The molecule has 3 fully saturated rings. The largest absolute Gasteiger partial charge is 0.493 e. The molecule has 3 saturated heterocycles. The normalized spacial score (nSPS) is 26.9. The van der Waals surface area contributed by atoms with Gasteiger partial charge in [0.1, 0.15) is 0 Å². The van der Waals surface area contributed by atoms with E-state index < -0.39 is 0 Å². The van der Waals surface area contributed by atoms with Gasteiger partial charge in [0.2, 0.25) is 0 Å². The second-order valence-corrected chi connectivity index (χ2v) is 6.64. The summed E-state index contributed by atoms with van der Waals surface area (Å²) < 4.78 is 11.2. The van der Waals surface area contributed by atoms with Gasteiger partial charge in [0, 0.05) is 6.04 Å². The molecule has 2 N–H and O–H groups in total. The molecule has 1 unspecified atom stereocenters. The van der Waals surface area contributed by atoms with Gasteiger partial charge in [-0.25, -0.2) is 0 Å². The van der Waals surface area contributed by atoms with Gasteiger partial charge in [0.15, 0.2) is 11.5 Å². The highest BCUT2D eigenvalue weighted by atomic mass is 16.5. The third-order valence-electron chi connectivity index (χ3n) is 5.06. The van der Waals surface area contributed by atoms with Crippen molar-refractivity contribution >= 4 is 5.69 Å². The summed E-state index contributed by atoms with van der Waals surface area (Å²) in [5, 5.41) is 0. The van der Waals surface area contributed by atoms with Crippen LogP contribution in [0.2, 0.25) is 0 Å². The Morgan fingerprint density at radius 3 is 2.64 bits per heavy atom. The van der Waals surface area contributed by atoms with Crippen molar-refractivity contribution in [3.63, 3.8) is 0 Å². The zero-order chi connectivity index (χ0) is 15.5. The molecule has 2 bridgehead atoms. The minimum atomic E-state index is 0.665. The van der Waals surface area contributed by atoms with Crippen molar-refractivity contribution < 1.29 is 9.47 Å². The zero-order valence-electron chi connectivity index (χ0n) is 13.8. The molecule has 22 heavy (non-hydrogen) atoms. The topological polar surface area (TPSA) is 47.7 Å². The number of hydrogen-bond acceptors (Lipinski definition) is 4. The highest BCUT2D eigenvalue weighted by Gasteiger charge is 2.33. The molecule has 0 saturated carbocycles. The van der Waals surface area contributed by atoms with Gasteiger partial charge in [0.25, 0.3) is 0 Å². The Morgan fingerprint density at radius 2 is 2.05 bits per heavy atom. The van der Waals surface area contributed by atoms with Crippen LogP contribution in [0.4, 0.5) is 5.69 Å². The summed E-state index contributed by atoms with van der Waals surface area (Å²) in [7, 11) is 1.68. The van der Waals surface area contributed by atoms with E-state index in [1.54, 1.807) is 7.11 Å². The van der Waals surface area contributed by atoms with Gasteiger partial charge in [-0.2, -0.15) is 0 Å². The second kappa shape index (κ2) is 6.78. The smallest absolute Gasteiger partial charge is 0.184 e. The minimum Gasteiger partial charge on any atom is -0.493 e. The molecular weight excluding hydrogens is 276 g/mol. The second-order valence-electron chi connectivity index (χ2n) is 6.64. The molecule has 4 nitrogen and oxygen atoms in total. The van der Waals surface area contributed by atoms with Crippen LogP contribution in [0.3, 0.4) is 0 Å². The number of rotatable bonds is 6. The molecule has 1 atom stereocenters. The van der Waals surface area contributed by atoms with E-state index in [1.165, 1.54) is 37.9 Å². The lowest BCUT2D eigenvalue weighted by Gasteiger charge is -2.45. The summed E-state index contributed by atoms with van der Waals surface area (Å²) in [6, 6.07) is 4.83. The number of benzene rings is 1. The SMILES string of the molecule is CCCOc1c(N)cc(CC2CC3CCN2CC3)cc1OC. The molecule has 0 aliphatic carbocycles. The molecule has 3 aliphatic rings. The predicted molar refractivity (Wildman–Crippen MR) is 89.6 cm³/mol. The molecule has 1 aromatic carbocycles. The molecule has 4 heteroatoms. The van der Waals surface area contributed by atoms with Crippen LogP contribution in [0.25, 0.3) is 0 Å². The van der Waals surface area contributed by atoms with Gasteiger partial charge in [-0.1, -0.05) is 6.92 Å². The average molecular weight is 304 g/mol. The Bertz CT molecular complexity index is 510. The third kappa shape index (κ3) is 3.17. The monoisotopic (exact) mass is 304 g/mol. The van der Waals surface area contributed by atoms with Crippen LogP contribution in [0.5, 0.6) is 11.5 Å². The van der Waals surface area contributed by atoms with Gasteiger partial charge in [0.05, 0.1) is 19.4 Å². The standard InChI is InChI=1S/C18H28N2O2/c1-3-8-22-18-16(19)11-14(12-17(18)21-2)10-15-9-13-4-6-20(15)7-5-13/h11-13,15H,3-10,19H2,1-2H3. The highest BCUT2D eigenvalue weighted by molar-refractivity contribution is 5.62. The van der Waals surface area contributed by atoms with Crippen molar-refractivity contribution in [1.29, 1.82) is 0 Å². The number of nitrogen functional groups attached to an aromatic ring is 1. The fraction of sp³-hybridized carbons (Fsp3) is 0.667. The number of nitrogens with zero attached hydrogens (tertiary/aromatic N) is 1. The summed E-state index contributed by atoms with van der Waals surface area (Å²) >= 11 is 0. The Hall–Kier alpha value is -1.42. The fourth-order valence-corrected chi connectivity index (χ4v) is 3.88. The van der Waals surface area contributed by atoms with E-state index in [2.05, 4.69) is 24.0 Å². The molecule has 0 aromatic heterocycles. The lowest BCUT2D eigenvalue weighted by molar-refractivity contribution is 0.0498. The maximum Gasteiger partial charge on any atom is 0.184 e. The summed E-state index contributed by atoms with van der Waals surface area (Å²) in [5.41, 5.74) is 8.15. The van der Waals surface area contributed by atoms with Gasteiger partial charge >= 0.3 is 0 Å². The van der Waals surface area contributed by atoms with E-state index in [9.17, 15) is 0 Å². The Morgan fingerprint density at radius 1 is 1.27 bits per heavy atom. The lowest BCUT2D eigenvalue weighted by atomic mass is 9.81. The number of hydrogen-bond donors (Lipinski definition) is 1. The van der Waals surface area contributed by atoms with Crippen molar-refractivity contribution in [2.24, 2.45) is 5.92 Å². The van der Waals surface area contributed by atoms with Crippen LogP contribution in [0, 0.1) is 5.92 Å². The van der Waals surface area contributed by atoms with E-state index in [1.807, 2.05) is 0 Å². The van der Waals surface area contributed by atoms with E-state index in [0.717, 1.165) is 24.5 Å². The number of piperidine rings is 3. The Labute approximate surface area is 133 Å². The highest BCUT2D eigenvalue weighted by Crippen LogP contribution is 2.38. The van der Waals surface area contributed by atoms with E-state index in [-0.39, 0.29) is 0 Å². The first-order chi connectivity index (χ1) is 10.7. The summed E-state index contributed by atoms with van der Waals surface area (Å²) in [6.07, 6.45) is 6.11. The first-order valence-corrected chi connectivity index (χ1v) is 8.54. The summed E-state index contributed by atoms with van der Waals surface area (Å²) in [4.78, 5) is 2.64. The fourth-order valence-electron chi connectivity index (χ4n) is 3.88. The van der Waals surface area contributed by atoms with Crippen LogP contribution >= 0.6 is 0 Å². The first-order valence-electron chi connectivity index (χ1n) is 8.54. The molecule has 0 spiro atoms. The van der Waals surface area contributed by atoms with Crippen molar-refractivity contribution in [1.82, 2.24) is 4.90 Å². The van der Waals surface area contributed by atoms with Crippen molar-refractivity contribution in [2.45, 2.75) is 45.1 Å². The quantitative estimate of drug-likeness (QED) is 0.821. The summed E-state index contributed by atoms with van der Waals surface area (Å²) in [5.74, 6) is 2.39. The van der Waals surface area contributed by atoms with Crippen LogP contribution in [-0.4, -0.2) is 37.7 Å². The zero-order valence-corrected chi connectivity index (χ0v) is 13.8. The maximum absolute atomic E-state index is 6.20. The lowest BCUT2D eigenvalue weighted by Crippen LogP contribution is -2.49. The number of fused-ring (bicyclic) bond motifs is 3. The van der Waals surface area contributed by atoms with Gasteiger partial charge in [-0.3, -0.25) is 0 Å². The predicted octanol–water partition coefficient (Wildman–Crippen LogP) is 3.09. The third-order valence-corrected chi connectivity index (χ3v) is 5.06. The molecule has 4 rings (SSSR count). The molecule has 0 radical (unpaired) electrons. The molecule has 3 heterocycles. The van der Waals surface area contributed by atoms with Crippen molar-refractivity contribution in [3.05, 3.63) is 17.7 Å². The molecular formula is C18H28N2O2. The van der Waals surface area contributed by atoms with Crippen LogP contribution in [-0.2, 0) is 6.42 Å². The Balaban J connectivity index is 1.75. The van der Waals surface area contributed by atoms with Crippen molar-refractivity contribution in [2.75, 3.05) is 32.5 Å². The van der Waals surface area contributed by atoms with Crippen LogP contribution < -0.4 is 15.2 Å². The van der Waals surface area contributed by atoms with Crippen molar-refractivity contribution in [3.8, 4) is 11.5 Å². The number of ether oxygens (including phenoxy) is 2. The number of nitrogens with two attached hydrogens (primary N) is 1. The molecule has 1 aromatic rings. The minimum absolute atomic E-state index is 0.665. The van der Waals surface area contributed by atoms with E-state index >= 15 is 0 Å². The number of anilines is 1. The molecule has 122 valence electrons. The molecule has 3 aliphatic heterocycles.